The van der Waals surface area contributed by atoms with Gasteiger partial charge in [0.25, 0.3) is 0 Å². The second kappa shape index (κ2) is 7.79. The summed E-state index contributed by atoms with van der Waals surface area (Å²) in [5.41, 5.74) is 0.844. The average Bonchev–Trinajstić information content (AvgIpc) is 2.47. The summed E-state index contributed by atoms with van der Waals surface area (Å²) < 4.78 is 25.4. The molecule has 0 spiro atoms. The van der Waals surface area contributed by atoms with Gasteiger partial charge in [-0.05, 0) is 43.4 Å². The van der Waals surface area contributed by atoms with E-state index in [2.05, 4.69) is 13.8 Å². The quantitative estimate of drug-likeness (QED) is 0.711. The second-order valence-corrected chi connectivity index (χ2v) is 6.40. The van der Waals surface area contributed by atoms with E-state index in [9.17, 15) is 4.39 Å². The number of hydrogen-bond donors (Lipinski definition) is 0. The van der Waals surface area contributed by atoms with Crippen LogP contribution in [0.4, 0.5) is 4.39 Å². The Morgan fingerprint density at radius 1 is 1.19 bits per heavy atom. The molecule has 3 heteroatoms. The van der Waals surface area contributed by atoms with Crippen LogP contribution in [-0.2, 0) is 4.74 Å². The maximum absolute atomic E-state index is 13.6. The highest BCUT2D eigenvalue weighted by atomic mass is 19.1. The molecule has 1 aliphatic carbocycles. The zero-order chi connectivity index (χ0) is 15.2. The first-order valence-electron chi connectivity index (χ1n) is 8.09. The summed E-state index contributed by atoms with van der Waals surface area (Å²) in [6.45, 7) is 4.34. The summed E-state index contributed by atoms with van der Waals surface area (Å²) in [5.74, 6) is 0.983. The van der Waals surface area contributed by atoms with Crippen LogP contribution >= 0.6 is 0 Å². The Morgan fingerprint density at radius 2 is 1.90 bits per heavy atom. The van der Waals surface area contributed by atoms with Crippen LogP contribution in [0.5, 0.6) is 5.75 Å². The van der Waals surface area contributed by atoms with Crippen molar-refractivity contribution < 1.29 is 13.9 Å². The fraction of sp³-hybridized carbons (Fsp3) is 0.667. The molecule has 1 aromatic rings. The average molecular weight is 294 g/mol. The van der Waals surface area contributed by atoms with E-state index in [0.717, 1.165) is 30.6 Å². The van der Waals surface area contributed by atoms with Gasteiger partial charge in [-0.2, -0.15) is 0 Å². The molecule has 2 rings (SSSR count). The van der Waals surface area contributed by atoms with E-state index in [1.165, 1.54) is 25.3 Å². The monoisotopic (exact) mass is 294 g/mol. The van der Waals surface area contributed by atoms with Crippen molar-refractivity contribution in [2.45, 2.75) is 64.6 Å². The van der Waals surface area contributed by atoms with Crippen LogP contribution in [0.15, 0.2) is 18.2 Å². The molecule has 118 valence electrons. The van der Waals surface area contributed by atoms with Gasteiger partial charge in [0.05, 0.1) is 19.3 Å². The van der Waals surface area contributed by atoms with Gasteiger partial charge < -0.3 is 9.47 Å². The van der Waals surface area contributed by atoms with Crippen molar-refractivity contribution in [2.75, 3.05) is 7.11 Å². The molecule has 1 saturated carbocycles. The summed E-state index contributed by atoms with van der Waals surface area (Å²) in [5, 5.41) is 0. The molecule has 0 N–H and O–H groups in total. The van der Waals surface area contributed by atoms with Gasteiger partial charge in [0.2, 0.25) is 0 Å². The van der Waals surface area contributed by atoms with Crippen molar-refractivity contribution in [2.24, 2.45) is 5.92 Å². The van der Waals surface area contributed by atoms with Gasteiger partial charge >= 0.3 is 0 Å². The molecule has 0 radical (unpaired) electrons. The van der Waals surface area contributed by atoms with Crippen molar-refractivity contribution in [3.63, 3.8) is 0 Å². The highest BCUT2D eigenvalue weighted by Crippen LogP contribution is 2.36. The molecular weight excluding hydrogens is 267 g/mol. The van der Waals surface area contributed by atoms with Gasteiger partial charge in [-0.25, -0.2) is 4.39 Å². The molecule has 1 fully saturated rings. The first-order valence-corrected chi connectivity index (χ1v) is 8.09. The van der Waals surface area contributed by atoms with Crippen molar-refractivity contribution in [3.05, 3.63) is 29.6 Å². The van der Waals surface area contributed by atoms with Gasteiger partial charge in [0, 0.05) is 5.56 Å². The Kier molecular flexibility index (Phi) is 6.04. The molecule has 21 heavy (non-hydrogen) atoms. The Balaban J connectivity index is 2.19. The molecule has 0 aromatic heterocycles. The van der Waals surface area contributed by atoms with E-state index in [1.807, 2.05) is 0 Å². The molecule has 0 heterocycles. The van der Waals surface area contributed by atoms with E-state index >= 15 is 0 Å². The van der Waals surface area contributed by atoms with E-state index in [0.29, 0.717) is 12.0 Å². The molecule has 0 unspecified atom stereocenters. The van der Waals surface area contributed by atoms with Gasteiger partial charge in [-0.1, -0.05) is 33.1 Å². The number of benzene rings is 1. The molecule has 1 atom stereocenters. The number of hydrogen-bond acceptors (Lipinski definition) is 2. The minimum atomic E-state index is -0.230. The van der Waals surface area contributed by atoms with Crippen LogP contribution in [0.2, 0.25) is 0 Å². The molecule has 1 aliphatic rings. The van der Waals surface area contributed by atoms with Crippen LogP contribution < -0.4 is 4.74 Å². The van der Waals surface area contributed by atoms with Crippen molar-refractivity contribution >= 4 is 0 Å². The lowest BCUT2D eigenvalue weighted by atomic mass is 9.95. The molecule has 0 amide bonds. The normalized spacial score (nSPS) is 18.0. The molecule has 0 aliphatic heterocycles. The first kappa shape index (κ1) is 16.3. The summed E-state index contributed by atoms with van der Waals surface area (Å²) in [7, 11) is 1.63. The predicted molar refractivity (Wildman–Crippen MR) is 83.1 cm³/mol. The molecule has 0 saturated heterocycles. The Morgan fingerprint density at radius 3 is 2.52 bits per heavy atom. The smallest absolute Gasteiger partial charge is 0.124 e. The number of rotatable bonds is 6. The Hall–Kier alpha value is -1.09. The summed E-state index contributed by atoms with van der Waals surface area (Å²) >= 11 is 0. The highest BCUT2D eigenvalue weighted by molar-refractivity contribution is 5.36. The van der Waals surface area contributed by atoms with Crippen LogP contribution in [-0.4, -0.2) is 13.2 Å². The minimum absolute atomic E-state index is 0.0845. The topological polar surface area (TPSA) is 18.5 Å². The molecular formula is C18H27FO2. The number of ether oxygens (including phenoxy) is 2. The third kappa shape index (κ3) is 4.70. The van der Waals surface area contributed by atoms with Crippen molar-refractivity contribution in [3.8, 4) is 5.75 Å². The summed E-state index contributed by atoms with van der Waals surface area (Å²) in [4.78, 5) is 0. The Labute approximate surface area is 127 Å². The zero-order valence-corrected chi connectivity index (χ0v) is 13.4. The predicted octanol–water partition coefficient (Wildman–Crippen LogP) is 5.27. The molecule has 2 nitrogen and oxygen atoms in total. The van der Waals surface area contributed by atoms with Gasteiger partial charge in [0.15, 0.2) is 0 Å². The van der Waals surface area contributed by atoms with Crippen molar-refractivity contribution in [1.29, 1.82) is 0 Å². The lowest BCUT2D eigenvalue weighted by molar-refractivity contribution is -0.0412. The second-order valence-electron chi connectivity index (χ2n) is 6.40. The highest BCUT2D eigenvalue weighted by Gasteiger charge is 2.24. The summed E-state index contributed by atoms with van der Waals surface area (Å²) in [6, 6.07) is 4.70. The number of methoxy groups -OCH3 is 1. The largest absolute Gasteiger partial charge is 0.496 e. The standard InChI is InChI=1S/C18H27FO2/c1-13(2)11-18(21-15-7-5-4-6-8-15)16-12-14(19)9-10-17(16)20-3/h9-10,12-13,15,18H,4-8,11H2,1-3H3/t18-/m0/s1. The van der Waals surface area contributed by atoms with E-state index in [-0.39, 0.29) is 11.9 Å². The van der Waals surface area contributed by atoms with Gasteiger partial charge in [0.1, 0.15) is 11.6 Å². The van der Waals surface area contributed by atoms with Crippen molar-refractivity contribution in [1.82, 2.24) is 0 Å². The Bertz CT molecular complexity index is 439. The van der Waals surface area contributed by atoms with E-state index in [1.54, 1.807) is 19.2 Å². The van der Waals surface area contributed by atoms with Crippen LogP contribution in [0.3, 0.4) is 0 Å². The zero-order valence-electron chi connectivity index (χ0n) is 13.4. The molecule has 1 aromatic carbocycles. The SMILES string of the molecule is COc1ccc(F)cc1[C@H](CC(C)C)OC1CCCCC1. The lowest BCUT2D eigenvalue weighted by Gasteiger charge is -2.29. The number of halogens is 1. The fourth-order valence-corrected chi connectivity index (χ4v) is 3.07. The minimum Gasteiger partial charge on any atom is -0.496 e. The fourth-order valence-electron chi connectivity index (χ4n) is 3.07. The molecule has 0 bridgehead atoms. The van der Waals surface area contributed by atoms with Crippen LogP contribution in [0.1, 0.15) is 64.0 Å². The summed E-state index contributed by atoms with van der Waals surface area (Å²) in [6.07, 6.45) is 7.11. The van der Waals surface area contributed by atoms with Crippen LogP contribution in [0, 0.1) is 11.7 Å². The third-order valence-electron chi connectivity index (χ3n) is 4.13. The maximum atomic E-state index is 13.6. The first-order chi connectivity index (χ1) is 10.1. The van der Waals surface area contributed by atoms with Crippen LogP contribution in [0.25, 0.3) is 0 Å². The van der Waals surface area contributed by atoms with E-state index < -0.39 is 0 Å². The van der Waals surface area contributed by atoms with Gasteiger partial charge in [-0.15, -0.1) is 0 Å². The van der Waals surface area contributed by atoms with E-state index in [4.69, 9.17) is 9.47 Å². The maximum Gasteiger partial charge on any atom is 0.124 e. The van der Waals surface area contributed by atoms with Gasteiger partial charge in [-0.3, -0.25) is 0 Å². The lowest BCUT2D eigenvalue weighted by Crippen LogP contribution is -2.21. The third-order valence-corrected chi connectivity index (χ3v) is 4.13.